The number of thioether (sulfide) groups is 1. The molecule has 0 radical (unpaired) electrons. The minimum absolute atomic E-state index is 0.163. The lowest BCUT2D eigenvalue weighted by Crippen LogP contribution is -2.17. The zero-order valence-corrected chi connectivity index (χ0v) is 14.9. The normalized spacial score (nSPS) is 14.0. The summed E-state index contributed by atoms with van der Waals surface area (Å²) in [4.78, 5) is 28.3. The number of nitrogens with zero attached hydrogens (tertiary/aromatic N) is 3. The molecule has 0 saturated heterocycles. The van der Waals surface area contributed by atoms with E-state index in [0.717, 1.165) is 28.8 Å². The zero-order valence-electron chi connectivity index (χ0n) is 13.3. The first-order chi connectivity index (χ1) is 12.1. The number of carbonyl (C=O) groups is 1. The standard InChI is InChI=1S/C15H15N5O3S2/c1-23-9-4-5-10-11(6-9)25-13(16-10)17-12(21)7-24-15-19-18-14(22)20(15)8-2-3-8/h4-6,8H,2-3,7H2,1H3,(H,18,22)(H,16,17,21). The summed E-state index contributed by atoms with van der Waals surface area (Å²) in [6.45, 7) is 0. The van der Waals surface area contributed by atoms with Gasteiger partial charge in [0.15, 0.2) is 10.3 Å². The van der Waals surface area contributed by atoms with Crippen LogP contribution in [0.4, 0.5) is 5.13 Å². The van der Waals surface area contributed by atoms with Crippen molar-refractivity contribution in [2.24, 2.45) is 0 Å². The number of aromatic amines is 1. The molecule has 2 heterocycles. The van der Waals surface area contributed by atoms with Gasteiger partial charge < -0.3 is 10.1 Å². The van der Waals surface area contributed by atoms with Gasteiger partial charge in [-0.3, -0.25) is 9.36 Å². The summed E-state index contributed by atoms with van der Waals surface area (Å²) in [6.07, 6.45) is 1.96. The Bertz CT molecular complexity index is 989. The molecule has 2 N–H and O–H groups in total. The zero-order chi connectivity index (χ0) is 17.4. The number of hydrogen-bond acceptors (Lipinski definition) is 7. The molecule has 1 aliphatic carbocycles. The predicted molar refractivity (Wildman–Crippen MR) is 96.6 cm³/mol. The average Bonchev–Trinajstić information content (AvgIpc) is 3.25. The molecule has 1 saturated carbocycles. The average molecular weight is 377 g/mol. The third-order valence-corrected chi connectivity index (χ3v) is 5.64. The Balaban J connectivity index is 1.41. The molecule has 8 nitrogen and oxygen atoms in total. The topological polar surface area (TPSA) is 102 Å². The number of ether oxygens (including phenoxy) is 1. The van der Waals surface area contributed by atoms with Crippen LogP contribution in [0.5, 0.6) is 5.75 Å². The molecule has 4 rings (SSSR count). The number of rotatable bonds is 6. The van der Waals surface area contributed by atoms with E-state index >= 15 is 0 Å². The molecule has 1 aliphatic rings. The van der Waals surface area contributed by atoms with Gasteiger partial charge in [-0.1, -0.05) is 23.1 Å². The van der Waals surface area contributed by atoms with Crippen molar-refractivity contribution in [3.05, 3.63) is 28.7 Å². The number of amides is 1. The van der Waals surface area contributed by atoms with Gasteiger partial charge in [-0.15, -0.1) is 5.10 Å². The molecule has 0 bridgehead atoms. The Hall–Kier alpha value is -2.33. The van der Waals surface area contributed by atoms with Crippen LogP contribution in [0, 0.1) is 0 Å². The summed E-state index contributed by atoms with van der Waals surface area (Å²) < 4.78 is 7.76. The number of thiazole rings is 1. The van der Waals surface area contributed by atoms with Gasteiger partial charge in [0.1, 0.15) is 5.75 Å². The Labute approximate surface area is 150 Å². The molecule has 0 unspecified atom stereocenters. The van der Waals surface area contributed by atoms with E-state index < -0.39 is 0 Å². The van der Waals surface area contributed by atoms with E-state index in [-0.39, 0.29) is 23.4 Å². The molecule has 1 aromatic carbocycles. The highest BCUT2D eigenvalue weighted by Gasteiger charge is 2.28. The van der Waals surface area contributed by atoms with Crippen LogP contribution in [0.3, 0.4) is 0 Å². The third kappa shape index (κ3) is 3.40. The molecule has 0 aliphatic heterocycles. The van der Waals surface area contributed by atoms with Gasteiger partial charge in [-0.05, 0) is 31.0 Å². The highest BCUT2D eigenvalue weighted by molar-refractivity contribution is 7.99. The molecule has 130 valence electrons. The Morgan fingerprint density at radius 2 is 2.36 bits per heavy atom. The van der Waals surface area contributed by atoms with E-state index in [9.17, 15) is 9.59 Å². The van der Waals surface area contributed by atoms with Crippen LogP contribution in [0.15, 0.2) is 28.2 Å². The van der Waals surface area contributed by atoms with Gasteiger partial charge in [-0.25, -0.2) is 14.9 Å². The van der Waals surface area contributed by atoms with Crippen molar-refractivity contribution >= 4 is 44.4 Å². The second kappa shape index (κ2) is 6.52. The fraction of sp³-hybridized carbons (Fsp3) is 0.333. The lowest BCUT2D eigenvalue weighted by Gasteiger charge is -2.03. The van der Waals surface area contributed by atoms with Crippen molar-refractivity contribution in [1.29, 1.82) is 0 Å². The van der Waals surface area contributed by atoms with Crippen molar-refractivity contribution in [2.75, 3.05) is 18.2 Å². The van der Waals surface area contributed by atoms with Gasteiger partial charge in [0.25, 0.3) is 0 Å². The number of methoxy groups -OCH3 is 1. The number of benzene rings is 1. The summed E-state index contributed by atoms with van der Waals surface area (Å²) in [6, 6.07) is 5.79. The first kappa shape index (κ1) is 16.2. The van der Waals surface area contributed by atoms with E-state index in [0.29, 0.717) is 10.3 Å². The van der Waals surface area contributed by atoms with Crippen LogP contribution in [-0.4, -0.2) is 38.5 Å². The Kier molecular flexibility index (Phi) is 4.22. The smallest absolute Gasteiger partial charge is 0.344 e. The Morgan fingerprint density at radius 3 is 3.12 bits per heavy atom. The van der Waals surface area contributed by atoms with Gasteiger partial charge in [-0.2, -0.15) is 0 Å². The minimum Gasteiger partial charge on any atom is -0.497 e. The van der Waals surface area contributed by atoms with Crippen molar-refractivity contribution in [3.8, 4) is 5.75 Å². The van der Waals surface area contributed by atoms with Crippen LogP contribution in [-0.2, 0) is 4.79 Å². The van der Waals surface area contributed by atoms with Gasteiger partial charge >= 0.3 is 5.69 Å². The van der Waals surface area contributed by atoms with E-state index in [2.05, 4.69) is 20.5 Å². The maximum absolute atomic E-state index is 12.2. The molecule has 2 aromatic heterocycles. The minimum atomic E-state index is -0.217. The summed E-state index contributed by atoms with van der Waals surface area (Å²) in [5, 5.41) is 10.3. The molecular weight excluding hydrogens is 362 g/mol. The largest absolute Gasteiger partial charge is 0.497 e. The van der Waals surface area contributed by atoms with E-state index in [1.807, 2.05) is 18.2 Å². The first-order valence-corrected chi connectivity index (χ1v) is 9.48. The lowest BCUT2D eigenvalue weighted by molar-refractivity contribution is -0.113. The molecule has 3 aromatic rings. The van der Waals surface area contributed by atoms with Crippen molar-refractivity contribution < 1.29 is 9.53 Å². The molecule has 1 fully saturated rings. The summed E-state index contributed by atoms with van der Waals surface area (Å²) in [7, 11) is 1.61. The predicted octanol–water partition coefficient (Wildman–Crippen LogP) is 2.26. The van der Waals surface area contributed by atoms with E-state index in [1.54, 1.807) is 11.7 Å². The number of fused-ring (bicyclic) bond motifs is 1. The van der Waals surface area contributed by atoms with E-state index in [4.69, 9.17) is 4.74 Å². The number of nitrogens with one attached hydrogen (secondary N) is 2. The molecule has 0 atom stereocenters. The van der Waals surface area contributed by atoms with Gasteiger partial charge in [0, 0.05) is 6.04 Å². The summed E-state index contributed by atoms with van der Waals surface area (Å²) >= 11 is 2.63. The van der Waals surface area contributed by atoms with Crippen molar-refractivity contribution in [3.63, 3.8) is 0 Å². The van der Waals surface area contributed by atoms with Crippen molar-refractivity contribution in [1.82, 2.24) is 19.7 Å². The maximum Gasteiger partial charge on any atom is 0.344 e. The van der Waals surface area contributed by atoms with E-state index in [1.165, 1.54) is 23.1 Å². The lowest BCUT2D eigenvalue weighted by atomic mass is 10.3. The SMILES string of the molecule is COc1ccc2nc(NC(=O)CSc3n[nH]c(=O)n3C3CC3)sc2c1. The van der Waals surface area contributed by atoms with Crippen LogP contribution in [0.1, 0.15) is 18.9 Å². The highest BCUT2D eigenvalue weighted by Crippen LogP contribution is 2.36. The fourth-order valence-electron chi connectivity index (χ4n) is 2.42. The molecule has 1 amide bonds. The first-order valence-electron chi connectivity index (χ1n) is 7.68. The number of H-pyrrole nitrogens is 1. The summed E-state index contributed by atoms with van der Waals surface area (Å²) in [5.41, 5.74) is 0.592. The van der Waals surface area contributed by atoms with Crippen LogP contribution in [0.2, 0.25) is 0 Å². The number of aromatic nitrogens is 4. The maximum atomic E-state index is 12.2. The van der Waals surface area contributed by atoms with Crippen LogP contribution in [0.25, 0.3) is 10.2 Å². The molecule has 10 heteroatoms. The van der Waals surface area contributed by atoms with Crippen molar-refractivity contribution in [2.45, 2.75) is 24.0 Å². The fourth-order valence-corrected chi connectivity index (χ4v) is 4.14. The highest BCUT2D eigenvalue weighted by atomic mass is 32.2. The van der Waals surface area contributed by atoms with Gasteiger partial charge in [0.05, 0.1) is 23.1 Å². The number of carbonyl (C=O) groups excluding carboxylic acids is 1. The Morgan fingerprint density at radius 1 is 1.52 bits per heavy atom. The van der Waals surface area contributed by atoms with Crippen LogP contribution < -0.4 is 15.7 Å². The summed E-state index contributed by atoms with van der Waals surface area (Å²) in [5.74, 6) is 0.728. The van der Waals surface area contributed by atoms with Gasteiger partial charge in [0.2, 0.25) is 5.91 Å². The quantitative estimate of drug-likeness (QED) is 0.639. The third-order valence-electron chi connectivity index (χ3n) is 3.76. The number of hydrogen-bond donors (Lipinski definition) is 2. The van der Waals surface area contributed by atoms with Crippen LogP contribution >= 0.6 is 23.1 Å². The molecule has 0 spiro atoms. The molecular formula is C15H15N5O3S2. The monoisotopic (exact) mass is 377 g/mol. The number of anilines is 1. The molecule has 25 heavy (non-hydrogen) atoms. The second-order valence-electron chi connectivity index (χ2n) is 5.60. The second-order valence-corrected chi connectivity index (χ2v) is 7.58.